The average Bonchev–Trinajstić information content (AvgIpc) is 2.29. The Bertz CT molecular complexity index is 539. The Morgan fingerprint density at radius 1 is 1.22 bits per heavy atom. The second-order valence-corrected chi connectivity index (χ2v) is 7.39. The minimum atomic E-state index is -3.25. The highest BCUT2D eigenvalue weighted by atomic mass is 32.2. The third-order valence-corrected chi connectivity index (χ3v) is 5.49. The van der Waals surface area contributed by atoms with E-state index in [0.717, 1.165) is 11.8 Å². The molecule has 0 aliphatic carbocycles. The van der Waals surface area contributed by atoms with Crippen LogP contribution in [0.25, 0.3) is 0 Å². The highest BCUT2D eigenvalue weighted by Gasteiger charge is 2.40. The molecular weight excluding hydrogens is 252 g/mol. The van der Waals surface area contributed by atoms with Crippen molar-refractivity contribution in [1.82, 2.24) is 0 Å². The summed E-state index contributed by atoms with van der Waals surface area (Å²) in [5.41, 5.74) is 0.228. The summed E-state index contributed by atoms with van der Waals surface area (Å²) in [6.07, 6.45) is 0.877. The van der Waals surface area contributed by atoms with Gasteiger partial charge in [-0.15, -0.1) is 0 Å². The monoisotopic (exact) mass is 268 g/mol. The molecule has 1 heterocycles. The van der Waals surface area contributed by atoms with Crippen LogP contribution in [0.4, 0.5) is 0 Å². The summed E-state index contributed by atoms with van der Waals surface area (Å²) in [5.74, 6) is 0. The van der Waals surface area contributed by atoms with Gasteiger partial charge < -0.3 is 9.53 Å². The summed E-state index contributed by atoms with van der Waals surface area (Å²) in [4.78, 5) is 11.4. The van der Waals surface area contributed by atoms with Crippen LogP contribution < -0.4 is 0 Å². The number of hydrogen-bond donors (Lipinski definition) is 0. The first-order valence-corrected chi connectivity index (χ1v) is 7.35. The van der Waals surface area contributed by atoms with Crippen LogP contribution in [0.2, 0.25) is 0 Å². The number of carbonyl (C=O) groups excluding carboxylic acids is 1. The van der Waals surface area contributed by atoms with E-state index in [1.54, 1.807) is 38.1 Å². The lowest BCUT2D eigenvalue weighted by molar-refractivity contribution is -0.129. The molecule has 1 saturated heterocycles. The van der Waals surface area contributed by atoms with E-state index in [2.05, 4.69) is 0 Å². The summed E-state index contributed by atoms with van der Waals surface area (Å²) >= 11 is 0. The van der Waals surface area contributed by atoms with Gasteiger partial charge in [-0.1, -0.05) is 12.1 Å². The number of aldehydes is 1. The normalized spacial score (nSPS) is 18.4. The summed E-state index contributed by atoms with van der Waals surface area (Å²) in [5, 5.41) is -0.449. The van der Waals surface area contributed by atoms with Crippen LogP contribution in [0.5, 0.6) is 0 Å². The van der Waals surface area contributed by atoms with Crippen molar-refractivity contribution in [2.24, 2.45) is 0 Å². The van der Waals surface area contributed by atoms with E-state index >= 15 is 0 Å². The Balaban J connectivity index is 2.34. The van der Waals surface area contributed by atoms with E-state index in [1.807, 2.05) is 0 Å². The molecule has 1 aromatic rings. The van der Waals surface area contributed by atoms with Gasteiger partial charge in [-0.2, -0.15) is 0 Å². The number of hydrogen-bond acceptors (Lipinski definition) is 4. The second kappa shape index (κ2) is 4.48. The molecule has 0 atom stereocenters. The largest absolute Gasteiger partial charge is 0.379 e. The predicted octanol–water partition coefficient (Wildman–Crippen LogP) is 1.34. The Morgan fingerprint density at radius 2 is 1.78 bits per heavy atom. The Hall–Kier alpha value is -1.20. The first-order chi connectivity index (χ1) is 8.42. The van der Waals surface area contributed by atoms with Crippen molar-refractivity contribution in [3.05, 3.63) is 29.8 Å². The smallest absolute Gasteiger partial charge is 0.180 e. The third kappa shape index (κ3) is 1.97. The minimum absolute atomic E-state index is 0.294. The predicted molar refractivity (Wildman–Crippen MR) is 67.3 cm³/mol. The highest BCUT2D eigenvalue weighted by Crippen LogP contribution is 2.31. The molecule has 0 radical (unpaired) electrons. The van der Waals surface area contributed by atoms with Gasteiger partial charge in [-0.3, -0.25) is 0 Å². The van der Waals surface area contributed by atoms with E-state index in [1.165, 1.54) is 0 Å². The molecular formula is C13H16O4S. The molecule has 0 aromatic heterocycles. The zero-order valence-electron chi connectivity index (χ0n) is 10.4. The molecule has 0 bridgehead atoms. The molecule has 18 heavy (non-hydrogen) atoms. The van der Waals surface area contributed by atoms with Gasteiger partial charge in [0.25, 0.3) is 0 Å². The molecule has 1 aromatic carbocycles. The topological polar surface area (TPSA) is 60.4 Å². The maximum absolute atomic E-state index is 12.0. The molecule has 1 fully saturated rings. The SMILES string of the molecule is CC(C)S(=O)(=O)c1ccc(C2(C=O)COC2)cc1. The van der Waals surface area contributed by atoms with Crippen LogP contribution in [0.15, 0.2) is 29.2 Å². The molecule has 1 aliphatic heterocycles. The fraction of sp³-hybridized carbons (Fsp3) is 0.462. The maximum Gasteiger partial charge on any atom is 0.180 e. The average molecular weight is 268 g/mol. The Labute approximate surface area is 107 Å². The first-order valence-electron chi connectivity index (χ1n) is 5.81. The Kier molecular flexibility index (Phi) is 3.29. The van der Waals surface area contributed by atoms with E-state index in [9.17, 15) is 13.2 Å². The van der Waals surface area contributed by atoms with Crippen LogP contribution in [0.3, 0.4) is 0 Å². The van der Waals surface area contributed by atoms with Crippen molar-refractivity contribution in [1.29, 1.82) is 0 Å². The zero-order valence-corrected chi connectivity index (χ0v) is 11.2. The molecule has 5 heteroatoms. The molecule has 0 spiro atoms. The van der Waals surface area contributed by atoms with Crippen LogP contribution in [-0.2, 0) is 24.8 Å². The zero-order chi connectivity index (χ0) is 13.4. The van der Waals surface area contributed by atoms with E-state index in [0.29, 0.717) is 18.1 Å². The molecule has 0 N–H and O–H groups in total. The van der Waals surface area contributed by atoms with Gasteiger partial charge >= 0.3 is 0 Å². The Morgan fingerprint density at radius 3 is 2.11 bits per heavy atom. The van der Waals surface area contributed by atoms with Crippen LogP contribution >= 0.6 is 0 Å². The van der Waals surface area contributed by atoms with Crippen molar-refractivity contribution in [2.75, 3.05) is 13.2 Å². The van der Waals surface area contributed by atoms with Crippen molar-refractivity contribution in [3.8, 4) is 0 Å². The van der Waals surface area contributed by atoms with Gasteiger partial charge in [0.15, 0.2) is 9.84 Å². The van der Waals surface area contributed by atoms with Gasteiger partial charge in [-0.05, 0) is 31.5 Å². The van der Waals surface area contributed by atoms with E-state index in [4.69, 9.17) is 4.74 Å². The van der Waals surface area contributed by atoms with Crippen molar-refractivity contribution >= 4 is 16.1 Å². The maximum atomic E-state index is 12.0. The third-order valence-electron chi connectivity index (χ3n) is 3.32. The van der Waals surface area contributed by atoms with Gasteiger partial charge in [0.1, 0.15) is 6.29 Å². The van der Waals surface area contributed by atoms with Crippen LogP contribution in [-0.4, -0.2) is 33.2 Å². The lowest BCUT2D eigenvalue weighted by Crippen LogP contribution is -2.48. The summed E-state index contributed by atoms with van der Waals surface area (Å²) in [6, 6.07) is 6.53. The van der Waals surface area contributed by atoms with Crippen LogP contribution in [0.1, 0.15) is 19.4 Å². The van der Waals surface area contributed by atoms with E-state index < -0.39 is 20.5 Å². The fourth-order valence-corrected chi connectivity index (χ4v) is 2.93. The van der Waals surface area contributed by atoms with Crippen molar-refractivity contribution < 1.29 is 17.9 Å². The number of rotatable bonds is 4. The van der Waals surface area contributed by atoms with E-state index in [-0.39, 0.29) is 0 Å². The fourth-order valence-electron chi connectivity index (χ4n) is 1.87. The van der Waals surface area contributed by atoms with Crippen LogP contribution in [0, 0.1) is 0 Å². The molecule has 0 unspecified atom stereocenters. The van der Waals surface area contributed by atoms with Gasteiger partial charge in [0.05, 0.1) is 28.8 Å². The molecule has 1 aliphatic rings. The lowest BCUT2D eigenvalue weighted by Gasteiger charge is -2.36. The van der Waals surface area contributed by atoms with Crippen molar-refractivity contribution in [2.45, 2.75) is 29.4 Å². The molecule has 2 rings (SSSR count). The number of ether oxygens (including phenoxy) is 1. The second-order valence-electron chi connectivity index (χ2n) is 4.88. The minimum Gasteiger partial charge on any atom is -0.379 e. The standard InChI is InChI=1S/C13H16O4S/c1-10(2)18(15,16)12-5-3-11(4-6-12)13(7-14)8-17-9-13/h3-7,10H,8-9H2,1-2H3. The van der Waals surface area contributed by atoms with Gasteiger partial charge in [0.2, 0.25) is 0 Å². The number of benzene rings is 1. The molecule has 0 saturated carbocycles. The molecule has 4 nitrogen and oxygen atoms in total. The van der Waals surface area contributed by atoms with Crippen molar-refractivity contribution in [3.63, 3.8) is 0 Å². The first kappa shape index (κ1) is 13.2. The molecule has 0 amide bonds. The van der Waals surface area contributed by atoms with Gasteiger partial charge in [-0.25, -0.2) is 8.42 Å². The number of carbonyl (C=O) groups is 1. The summed E-state index contributed by atoms with van der Waals surface area (Å²) < 4.78 is 29.0. The lowest BCUT2D eigenvalue weighted by atomic mass is 9.80. The summed E-state index contributed by atoms with van der Waals surface area (Å²) in [7, 11) is -3.25. The quantitative estimate of drug-likeness (QED) is 0.773. The van der Waals surface area contributed by atoms with Gasteiger partial charge in [0, 0.05) is 0 Å². The summed E-state index contributed by atoms with van der Waals surface area (Å²) in [6.45, 7) is 4.03. The number of sulfone groups is 1. The highest BCUT2D eigenvalue weighted by molar-refractivity contribution is 7.92. The molecule has 98 valence electrons.